The van der Waals surface area contributed by atoms with Crippen LogP contribution in [0, 0.1) is 5.82 Å². The van der Waals surface area contributed by atoms with E-state index in [-0.39, 0.29) is 17.1 Å². The number of rotatable bonds is 5. The van der Waals surface area contributed by atoms with E-state index in [4.69, 9.17) is 0 Å². The molecule has 6 nitrogen and oxygen atoms in total. The van der Waals surface area contributed by atoms with Crippen molar-refractivity contribution in [2.75, 3.05) is 6.54 Å². The van der Waals surface area contributed by atoms with Crippen LogP contribution in [0.5, 0.6) is 0 Å². The van der Waals surface area contributed by atoms with Gasteiger partial charge in [0.15, 0.2) is 0 Å². The van der Waals surface area contributed by atoms with Crippen LogP contribution >= 0.6 is 0 Å². The number of nitrogens with zero attached hydrogens (tertiary/aromatic N) is 2. The second kappa shape index (κ2) is 8.04. The standard InChI is InChI=1S/C23H19FN2O4/c24-17-6-4-15(5-7-17)19-11-20(23(29)30)25-21-13-26(9-8-18(19)21)12-14-2-1-3-16(10-14)22(27)28/h1-7,10-11H,8-9,12-13H2,(H,27,28)(H,29,30). The van der Waals surface area contributed by atoms with Crippen molar-refractivity contribution >= 4 is 11.9 Å². The Morgan fingerprint density at radius 3 is 2.50 bits per heavy atom. The van der Waals surface area contributed by atoms with E-state index in [0.29, 0.717) is 31.7 Å². The molecule has 0 amide bonds. The van der Waals surface area contributed by atoms with Gasteiger partial charge in [-0.15, -0.1) is 0 Å². The second-order valence-electron chi connectivity index (χ2n) is 7.26. The van der Waals surface area contributed by atoms with Crippen LogP contribution < -0.4 is 0 Å². The largest absolute Gasteiger partial charge is 0.478 e. The lowest BCUT2D eigenvalue weighted by atomic mass is 9.93. The minimum absolute atomic E-state index is 0.0530. The molecule has 0 spiro atoms. The number of aromatic nitrogens is 1. The Morgan fingerprint density at radius 2 is 1.80 bits per heavy atom. The van der Waals surface area contributed by atoms with E-state index in [0.717, 1.165) is 22.3 Å². The maximum atomic E-state index is 13.3. The Kier molecular flexibility index (Phi) is 5.29. The molecule has 30 heavy (non-hydrogen) atoms. The summed E-state index contributed by atoms with van der Waals surface area (Å²) in [6.45, 7) is 1.69. The number of benzene rings is 2. The number of carbonyl (C=O) groups is 2. The van der Waals surface area contributed by atoms with Gasteiger partial charge in [0, 0.05) is 19.6 Å². The van der Waals surface area contributed by atoms with Gasteiger partial charge in [-0.25, -0.2) is 19.0 Å². The van der Waals surface area contributed by atoms with E-state index < -0.39 is 11.9 Å². The van der Waals surface area contributed by atoms with Crippen LogP contribution in [0.25, 0.3) is 11.1 Å². The van der Waals surface area contributed by atoms with E-state index in [1.54, 1.807) is 36.4 Å². The average molecular weight is 406 g/mol. The Hall–Kier alpha value is -3.58. The maximum Gasteiger partial charge on any atom is 0.354 e. The van der Waals surface area contributed by atoms with Crippen LogP contribution in [0.3, 0.4) is 0 Å². The topological polar surface area (TPSA) is 90.7 Å². The van der Waals surface area contributed by atoms with Gasteiger partial charge < -0.3 is 10.2 Å². The predicted octanol–water partition coefficient (Wildman–Crippen LogP) is 3.84. The summed E-state index contributed by atoms with van der Waals surface area (Å²) in [5.74, 6) is -2.44. The van der Waals surface area contributed by atoms with E-state index >= 15 is 0 Å². The molecule has 3 aromatic rings. The van der Waals surface area contributed by atoms with Gasteiger partial charge in [0.2, 0.25) is 0 Å². The number of hydrogen-bond donors (Lipinski definition) is 2. The molecule has 7 heteroatoms. The van der Waals surface area contributed by atoms with Gasteiger partial charge in [0.05, 0.1) is 11.3 Å². The van der Waals surface area contributed by atoms with Crippen LogP contribution in [0.4, 0.5) is 4.39 Å². The van der Waals surface area contributed by atoms with Crippen LogP contribution in [0.15, 0.2) is 54.6 Å². The molecule has 0 saturated heterocycles. The number of aromatic carboxylic acids is 2. The molecule has 0 bridgehead atoms. The molecule has 2 N–H and O–H groups in total. The monoisotopic (exact) mass is 406 g/mol. The van der Waals surface area contributed by atoms with Crippen molar-refractivity contribution in [3.63, 3.8) is 0 Å². The number of halogens is 1. The fraction of sp³-hybridized carbons (Fsp3) is 0.174. The second-order valence-corrected chi connectivity index (χ2v) is 7.26. The molecule has 1 aromatic heterocycles. The lowest BCUT2D eigenvalue weighted by Crippen LogP contribution is -2.31. The number of carboxylic acids is 2. The molecule has 152 valence electrons. The van der Waals surface area contributed by atoms with Crippen molar-refractivity contribution in [3.8, 4) is 11.1 Å². The summed E-state index contributed by atoms with van der Waals surface area (Å²) in [7, 11) is 0. The molecule has 1 aliphatic rings. The summed E-state index contributed by atoms with van der Waals surface area (Å²) in [6.07, 6.45) is 0.660. The van der Waals surface area contributed by atoms with Crippen LogP contribution in [-0.4, -0.2) is 38.6 Å². The van der Waals surface area contributed by atoms with Crippen molar-refractivity contribution < 1.29 is 24.2 Å². The highest BCUT2D eigenvalue weighted by molar-refractivity contribution is 5.88. The highest BCUT2D eigenvalue weighted by atomic mass is 19.1. The summed E-state index contributed by atoms with van der Waals surface area (Å²) in [6, 6.07) is 14.3. The number of carboxylic acid groups (broad SMARTS) is 2. The first-order chi connectivity index (χ1) is 14.4. The van der Waals surface area contributed by atoms with Crippen molar-refractivity contribution in [2.45, 2.75) is 19.5 Å². The van der Waals surface area contributed by atoms with E-state index in [1.165, 1.54) is 12.1 Å². The average Bonchev–Trinajstić information content (AvgIpc) is 2.73. The smallest absolute Gasteiger partial charge is 0.354 e. The van der Waals surface area contributed by atoms with Gasteiger partial charge in [0.25, 0.3) is 0 Å². The highest BCUT2D eigenvalue weighted by Gasteiger charge is 2.23. The molecule has 4 rings (SSSR count). The SMILES string of the molecule is O=C(O)c1cccc(CN2CCc3c(-c4ccc(F)cc4)cc(C(=O)O)nc3C2)c1. The van der Waals surface area contributed by atoms with Gasteiger partial charge in [-0.3, -0.25) is 4.90 Å². The van der Waals surface area contributed by atoms with E-state index in [1.807, 2.05) is 6.07 Å². The fourth-order valence-electron chi connectivity index (χ4n) is 3.79. The molecular weight excluding hydrogens is 387 g/mol. The van der Waals surface area contributed by atoms with E-state index in [9.17, 15) is 24.2 Å². The summed E-state index contributed by atoms with van der Waals surface area (Å²) < 4.78 is 13.3. The van der Waals surface area contributed by atoms with Gasteiger partial charge in [-0.2, -0.15) is 0 Å². The molecule has 0 atom stereocenters. The summed E-state index contributed by atoms with van der Waals surface area (Å²) in [4.78, 5) is 29.3. The fourth-order valence-corrected chi connectivity index (χ4v) is 3.79. The van der Waals surface area contributed by atoms with Gasteiger partial charge in [-0.1, -0.05) is 24.3 Å². The molecule has 0 saturated carbocycles. The Bertz CT molecular complexity index is 1130. The predicted molar refractivity (Wildman–Crippen MR) is 108 cm³/mol. The molecule has 2 heterocycles. The first-order valence-electron chi connectivity index (χ1n) is 9.47. The van der Waals surface area contributed by atoms with Crippen molar-refractivity contribution in [3.05, 3.63) is 88.5 Å². The highest BCUT2D eigenvalue weighted by Crippen LogP contribution is 2.31. The third kappa shape index (κ3) is 4.06. The molecule has 0 aliphatic carbocycles. The lowest BCUT2D eigenvalue weighted by Gasteiger charge is -2.30. The normalized spacial score (nSPS) is 13.6. The molecule has 0 radical (unpaired) electrons. The summed E-state index contributed by atoms with van der Waals surface area (Å²) in [5, 5.41) is 18.7. The lowest BCUT2D eigenvalue weighted by molar-refractivity contribution is 0.0682. The van der Waals surface area contributed by atoms with Crippen molar-refractivity contribution in [1.29, 1.82) is 0 Å². The van der Waals surface area contributed by atoms with Crippen molar-refractivity contribution in [1.82, 2.24) is 9.88 Å². The zero-order valence-electron chi connectivity index (χ0n) is 16.0. The summed E-state index contributed by atoms with van der Waals surface area (Å²) >= 11 is 0. The quantitative estimate of drug-likeness (QED) is 0.669. The number of pyridine rings is 1. The zero-order valence-corrected chi connectivity index (χ0v) is 16.0. The van der Waals surface area contributed by atoms with E-state index in [2.05, 4.69) is 9.88 Å². The third-order valence-corrected chi connectivity index (χ3v) is 5.22. The number of hydrogen-bond acceptors (Lipinski definition) is 4. The first kappa shape index (κ1) is 19.7. The first-order valence-corrected chi connectivity index (χ1v) is 9.47. The van der Waals surface area contributed by atoms with Crippen LogP contribution in [0.2, 0.25) is 0 Å². The molecule has 0 unspecified atom stereocenters. The Labute approximate surface area is 172 Å². The molecule has 1 aliphatic heterocycles. The number of fused-ring (bicyclic) bond motifs is 1. The minimum atomic E-state index is -1.12. The zero-order chi connectivity index (χ0) is 21.3. The molecule has 2 aromatic carbocycles. The van der Waals surface area contributed by atoms with Gasteiger partial charge >= 0.3 is 11.9 Å². The maximum absolute atomic E-state index is 13.3. The Morgan fingerprint density at radius 1 is 1.03 bits per heavy atom. The van der Waals surface area contributed by atoms with Crippen LogP contribution in [-0.2, 0) is 19.5 Å². The summed E-state index contributed by atoms with van der Waals surface area (Å²) in [5.41, 5.74) is 4.19. The Balaban J connectivity index is 1.66. The van der Waals surface area contributed by atoms with Crippen LogP contribution in [0.1, 0.15) is 37.7 Å². The van der Waals surface area contributed by atoms with Gasteiger partial charge in [0.1, 0.15) is 11.5 Å². The molecular formula is C23H19FN2O4. The van der Waals surface area contributed by atoms with Gasteiger partial charge in [-0.05, 0) is 59.0 Å². The van der Waals surface area contributed by atoms with Crippen molar-refractivity contribution in [2.24, 2.45) is 0 Å². The molecule has 0 fully saturated rings. The minimum Gasteiger partial charge on any atom is -0.478 e. The third-order valence-electron chi connectivity index (χ3n) is 5.22.